The number of carbonyl (C=O) groups excluding carboxylic acids is 1. The molecule has 3 fully saturated rings. The molecule has 2 N–H and O–H groups in total. The van der Waals surface area contributed by atoms with Gasteiger partial charge in [0.1, 0.15) is 28.0 Å². The Morgan fingerprint density at radius 2 is 1.70 bits per heavy atom. The van der Waals surface area contributed by atoms with Gasteiger partial charge in [0.05, 0.1) is 24.7 Å². The molecule has 3 aliphatic rings. The first-order chi connectivity index (χ1) is 25.3. The Morgan fingerprint density at radius 3 is 2.30 bits per heavy atom. The summed E-state index contributed by atoms with van der Waals surface area (Å²) < 4.78 is 62.5. The molecule has 4 aromatic rings. The Bertz CT molecular complexity index is 2120. The number of ether oxygens (including phenoxy) is 3. The highest BCUT2D eigenvalue weighted by Gasteiger charge is 2.39. The van der Waals surface area contributed by atoms with Gasteiger partial charge in [-0.05, 0) is 97.4 Å². The molecule has 0 spiro atoms. The number of hydrogen-bond acceptors (Lipinski definition) is 9. The van der Waals surface area contributed by atoms with E-state index in [0.717, 1.165) is 56.5 Å². The number of nitrogens with one attached hydrogen (secondary N) is 1. The topological polar surface area (TPSA) is 158 Å². The third-order valence-corrected chi connectivity index (χ3v) is 11.8. The van der Waals surface area contributed by atoms with Crippen LogP contribution in [-0.4, -0.2) is 70.3 Å². The van der Waals surface area contributed by atoms with Crippen LogP contribution in [0.1, 0.15) is 57.4 Å². The lowest BCUT2D eigenvalue weighted by atomic mass is 9.83. The first-order valence-corrected chi connectivity index (χ1v) is 18.9. The lowest BCUT2D eigenvalue weighted by Crippen LogP contribution is -2.52. The second-order valence-corrected chi connectivity index (χ2v) is 15.5. The van der Waals surface area contributed by atoms with Gasteiger partial charge in [0, 0.05) is 18.0 Å². The van der Waals surface area contributed by atoms with Crippen LogP contribution in [0.15, 0.2) is 78.0 Å². The fourth-order valence-electron chi connectivity index (χ4n) is 7.02. The van der Waals surface area contributed by atoms with E-state index in [0.29, 0.717) is 33.9 Å². The van der Waals surface area contributed by atoms with Crippen LogP contribution in [0.5, 0.6) is 11.5 Å². The normalized spacial score (nSPS) is 19.3. The number of halogens is 3. The number of esters is 1. The van der Waals surface area contributed by atoms with E-state index in [-0.39, 0.29) is 44.0 Å². The van der Waals surface area contributed by atoms with Crippen molar-refractivity contribution in [2.75, 3.05) is 33.9 Å². The summed E-state index contributed by atoms with van der Waals surface area (Å²) in [5.41, 5.74) is 0.585. The molecule has 3 aromatic carbocycles. The lowest BCUT2D eigenvalue weighted by Gasteiger charge is -2.44. The zero-order chi connectivity index (χ0) is 38.0. The molecule has 12 nitrogen and oxygen atoms in total. The molecule has 0 radical (unpaired) electrons. The number of carboxylic acid groups (broad SMARTS) is 1. The summed E-state index contributed by atoms with van der Waals surface area (Å²) in [7, 11) is -1.76. The van der Waals surface area contributed by atoms with Crippen molar-refractivity contribution in [3.05, 3.63) is 122 Å². The molecular weight excluding hydrogens is 752 g/mol. The minimum absolute atomic E-state index is 0.000251. The van der Waals surface area contributed by atoms with E-state index in [1.807, 2.05) is 0 Å². The number of fused-ring (bicyclic) bond motifs is 3. The van der Waals surface area contributed by atoms with Crippen molar-refractivity contribution in [2.24, 2.45) is 5.92 Å². The van der Waals surface area contributed by atoms with Crippen molar-refractivity contribution in [3.8, 4) is 11.5 Å². The van der Waals surface area contributed by atoms with Crippen LogP contribution in [0.2, 0.25) is 10.0 Å². The quantitative estimate of drug-likeness (QED) is 0.101. The molecule has 53 heavy (non-hydrogen) atoms. The molecule has 0 aliphatic carbocycles. The van der Waals surface area contributed by atoms with Crippen molar-refractivity contribution in [1.29, 1.82) is 0 Å². The first-order valence-electron chi connectivity index (χ1n) is 16.6. The van der Waals surface area contributed by atoms with Gasteiger partial charge in [-0.2, -0.15) is 9.45 Å². The number of hydrogen-bond donors (Lipinski definition) is 2. The fourth-order valence-corrected chi connectivity index (χ4v) is 8.83. The van der Waals surface area contributed by atoms with Crippen molar-refractivity contribution >= 4 is 45.2 Å². The predicted molar refractivity (Wildman–Crippen MR) is 192 cm³/mol. The van der Waals surface area contributed by atoms with Gasteiger partial charge in [-0.25, -0.2) is 22.4 Å². The molecule has 2 unspecified atom stereocenters. The van der Waals surface area contributed by atoms with Crippen molar-refractivity contribution < 1.29 is 46.4 Å². The van der Waals surface area contributed by atoms with Gasteiger partial charge in [-0.3, -0.25) is 4.90 Å². The summed E-state index contributed by atoms with van der Waals surface area (Å²) >= 11 is 12.9. The van der Waals surface area contributed by atoms with Crippen LogP contribution >= 0.6 is 23.2 Å². The van der Waals surface area contributed by atoms with Crippen molar-refractivity contribution in [1.82, 2.24) is 9.62 Å². The smallest absolute Gasteiger partial charge is 0.335 e. The monoisotopic (exact) mass is 787 g/mol. The molecular formula is C37H36Cl2FN3O9S. The number of carbonyl (C=O) groups is 2. The van der Waals surface area contributed by atoms with Crippen LogP contribution < -0.4 is 18.9 Å². The summed E-state index contributed by atoms with van der Waals surface area (Å²) in [6.07, 6.45) is 3.33. The summed E-state index contributed by atoms with van der Waals surface area (Å²) in [4.78, 5) is 28.3. The van der Waals surface area contributed by atoms with Crippen LogP contribution in [0, 0.1) is 16.9 Å². The minimum atomic E-state index is -4.63. The van der Waals surface area contributed by atoms with Gasteiger partial charge in [0.25, 0.3) is 0 Å². The summed E-state index contributed by atoms with van der Waals surface area (Å²) in [6.45, 7) is 2.29. The Balaban J connectivity index is 1.43. The number of pyridine rings is 1. The third kappa shape index (κ3) is 8.36. The van der Waals surface area contributed by atoms with Gasteiger partial charge in [-0.1, -0.05) is 41.4 Å². The molecule has 2 bridgehead atoms. The molecule has 7 rings (SSSR count). The number of aromatic nitrogens is 1. The lowest BCUT2D eigenvalue weighted by molar-refractivity contribution is -0.605. The van der Waals surface area contributed by atoms with Crippen LogP contribution in [0.3, 0.4) is 0 Å². The van der Waals surface area contributed by atoms with Crippen LogP contribution in [0.4, 0.5) is 4.39 Å². The standard InChI is InChI=1S/C37H36Cl2FN3O9S/c1-50-32-9-6-22(15-33(32)51-2)27(17-29-30(38)18-43(47)19-31(29)39)28-16-25(7-8-26(28)36(44)45)53(48,49)41-35(23-4-3-5-24(40)14-23)37(46)52-34-20-42-12-10-21(34)11-13-42/h3-9,14-16,18-19,21,27,34-35,41H,10-13,17,20H2,1-2H3,(H,44,45)/t27?,34-,35?/m0/s1. The highest BCUT2D eigenvalue weighted by Crippen LogP contribution is 2.40. The third-order valence-electron chi connectivity index (χ3n) is 9.77. The summed E-state index contributed by atoms with van der Waals surface area (Å²) in [5.74, 6) is -3.07. The van der Waals surface area contributed by atoms with Gasteiger partial charge < -0.3 is 24.5 Å². The van der Waals surface area contributed by atoms with E-state index in [1.165, 1.54) is 38.5 Å². The van der Waals surface area contributed by atoms with Crippen LogP contribution in [0.25, 0.3) is 0 Å². The SMILES string of the molecule is COc1ccc(C(Cc2c(Cl)c[n+]([O-])cc2Cl)c2cc(S(=O)(=O)NC(C(=O)O[C@H]3CN4CCC3CC4)c3cccc(F)c3)ccc2C(=O)O)cc1OC. The van der Waals surface area contributed by atoms with Gasteiger partial charge in [-0.15, -0.1) is 0 Å². The van der Waals surface area contributed by atoms with E-state index < -0.39 is 45.8 Å². The molecule has 3 saturated heterocycles. The number of methoxy groups -OCH3 is 2. The molecule has 4 heterocycles. The Hall–Kier alpha value is -4.47. The number of carboxylic acids is 1. The zero-order valence-electron chi connectivity index (χ0n) is 28.6. The van der Waals surface area contributed by atoms with Crippen molar-refractivity contribution in [2.45, 2.75) is 42.2 Å². The van der Waals surface area contributed by atoms with E-state index >= 15 is 0 Å². The second-order valence-electron chi connectivity index (χ2n) is 12.9. The largest absolute Gasteiger partial charge is 0.619 e. The van der Waals surface area contributed by atoms with Crippen LogP contribution in [-0.2, 0) is 26.0 Å². The second kappa shape index (κ2) is 15.9. The van der Waals surface area contributed by atoms with E-state index in [1.54, 1.807) is 18.2 Å². The number of rotatable bonds is 13. The molecule has 3 aliphatic heterocycles. The van der Waals surface area contributed by atoms with Gasteiger partial charge >= 0.3 is 11.9 Å². The van der Waals surface area contributed by atoms with Gasteiger partial charge in [0.15, 0.2) is 23.9 Å². The highest BCUT2D eigenvalue weighted by atomic mass is 35.5. The molecule has 16 heteroatoms. The number of benzene rings is 3. The first kappa shape index (κ1) is 38.3. The minimum Gasteiger partial charge on any atom is -0.619 e. The molecule has 3 atom stereocenters. The number of sulfonamides is 1. The maximum atomic E-state index is 14.5. The zero-order valence-corrected chi connectivity index (χ0v) is 31.0. The summed E-state index contributed by atoms with van der Waals surface area (Å²) in [5, 5.41) is 22.4. The molecule has 1 aromatic heterocycles. The maximum absolute atomic E-state index is 14.5. The average Bonchev–Trinajstić information content (AvgIpc) is 3.13. The Labute approximate surface area is 315 Å². The highest BCUT2D eigenvalue weighted by molar-refractivity contribution is 7.89. The summed E-state index contributed by atoms with van der Waals surface area (Å²) in [6, 6.07) is 11.7. The predicted octanol–water partition coefficient (Wildman–Crippen LogP) is 5.51. The average molecular weight is 789 g/mol. The molecule has 0 amide bonds. The number of nitrogens with zero attached hydrogens (tertiary/aromatic N) is 2. The Kier molecular flexibility index (Phi) is 11.5. The fraction of sp³-hybridized carbons (Fsp3) is 0.324. The van der Waals surface area contributed by atoms with Crippen molar-refractivity contribution in [3.63, 3.8) is 0 Å². The van der Waals surface area contributed by atoms with E-state index in [9.17, 15) is 32.7 Å². The Morgan fingerprint density at radius 1 is 1.00 bits per heavy atom. The number of piperidine rings is 3. The van der Waals surface area contributed by atoms with E-state index in [4.69, 9.17) is 37.4 Å². The molecule has 280 valence electrons. The number of aromatic carboxylic acids is 1. The van der Waals surface area contributed by atoms with Gasteiger partial charge in [0.2, 0.25) is 10.0 Å². The molecule has 0 saturated carbocycles. The maximum Gasteiger partial charge on any atom is 0.335 e. The van der Waals surface area contributed by atoms with E-state index in [2.05, 4.69) is 9.62 Å².